The SMILES string of the molecule is CC1(NC(=O)C(c2cncnc2)N(C(=O)CCl)c2ccc(-c3cnco3)cc2)COC1. The fourth-order valence-corrected chi connectivity index (χ4v) is 3.49. The van der Waals surface area contributed by atoms with Crippen molar-refractivity contribution < 1.29 is 18.7 Å². The molecule has 0 bridgehead atoms. The quantitative estimate of drug-likeness (QED) is 0.560. The van der Waals surface area contributed by atoms with E-state index in [9.17, 15) is 9.59 Å². The lowest BCUT2D eigenvalue weighted by molar-refractivity contribution is -0.134. The number of carbonyl (C=O) groups excluding carboxylic acids is 2. The predicted molar refractivity (Wildman–Crippen MR) is 112 cm³/mol. The molecule has 0 aliphatic carbocycles. The first-order valence-electron chi connectivity index (χ1n) is 9.52. The second-order valence-corrected chi connectivity index (χ2v) is 7.69. The average Bonchev–Trinajstić information content (AvgIpc) is 3.31. The summed E-state index contributed by atoms with van der Waals surface area (Å²) in [5, 5.41) is 2.97. The zero-order valence-corrected chi connectivity index (χ0v) is 17.5. The van der Waals surface area contributed by atoms with Crippen LogP contribution in [0.3, 0.4) is 0 Å². The first-order valence-corrected chi connectivity index (χ1v) is 10.1. The zero-order chi connectivity index (χ0) is 21.8. The van der Waals surface area contributed by atoms with Crippen LogP contribution in [0.25, 0.3) is 11.3 Å². The minimum absolute atomic E-state index is 0.304. The average molecular weight is 442 g/mol. The van der Waals surface area contributed by atoms with Crippen molar-refractivity contribution in [1.82, 2.24) is 20.3 Å². The molecule has 1 aromatic carbocycles. The van der Waals surface area contributed by atoms with E-state index in [1.54, 1.807) is 30.5 Å². The van der Waals surface area contributed by atoms with E-state index in [1.165, 1.54) is 30.0 Å². The summed E-state index contributed by atoms with van der Waals surface area (Å²) in [6.07, 6.45) is 7.31. The van der Waals surface area contributed by atoms with Crippen molar-refractivity contribution in [3.63, 3.8) is 0 Å². The van der Waals surface area contributed by atoms with E-state index >= 15 is 0 Å². The number of alkyl halides is 1. The maximum atomic E-state index is 13.4. The van der Waals surface area contributed by atoms with Crippen LogP contribution < -0.4 is 10.2 Å². The number of rotatable bonds is 7. The van der Waals surface area contributed by atoms with Crippen molar-refractivity contribution in [2.24, 2.45) is 0 Å². The third-order valence-electron chi connectivity index (χ3n) is 4.91. The minimum atomic E-state index is -1.01. The van der Waals surface area contributed by atoms with Gasteiger partial charge in [0, 0.05) is 29.2 Å². The number of anilines is 1. The maximum absolute atomic E-state index is 13.4. The van der Waals surface area contributed by atoms with Gasteiger partial charge in [-0.1, -0.05) is 0 Å². The number of hydrogen-bond acceptors (Lipinski definition) is 7. The number of nitrogens with zero attached hydrogens (tertiary/aromatic N) is 4. The molecule has 160 valence electrons. The third kappa shape index (κ3) is 4.42. The monoisotopic (exact) mass is 441 g/mol. The standard InChI is InChI=1S/C21H20ClN5O4/c1-21(10-30-11-21)26-20(29)19(15-7-23-12-24-8-15)27(18(28)6-22)16-4-2-14(3-5-16)17-9-25-13-31-17/h2-5,7-9,12-13,19H,6,10-11H2,1H3,(H,26,29). The highest BCUT2D eigenvalue weighted by molar-refractivity contribution is 6.29. The summed E-state index contributed by atoms with van der Waals surface area (Å²) in [5.41, 5.74) is 1.23. The Morgan fingerprint density at radius 3 is 2.42 bits per heavy atom. The van der Waals surface area contributed by atoms with Crippen LogP contribution in [0.4, 0.5) is 5.69 Å². The molecule has 3 aromatic rings. The van der Waals surface area contributed by atoms with Gasteiger partial charge in [-0.15, -0.1) is 11.6 Å². The molecule has 1 atom stereocenters. The van der Waals surface area contributed by atoms with Crippen molar-refractivity contribution in [3.05, 3.63) is 61.1 Å². The van der Waals surface area contributed by atoms with Crippen molar-refractivity contribution in [2.75, 3.05) is 24.0 Å². The fourth-order valence-electron chi connectivity index (χ4n) is 3.36. The molecule has 1 aliphatic rings. The van der Waals surface area contributed by atoms with Gasteiger partial charge in [0.2, 0.25) is 11.8 Å². The second kappa shape index (κ2) is 8.83. The van der Waals surface area contributed by atoms with Gasteiger partial charge >= 0.3 is 0 Å². The van der Waals surface area contributed by atoms with Gasteiger partial charge in [0.05, 0.1) is 24.9 Å². The Hall–Kier alpha value is -3.30. The molecular formula is C21H20ClN5O4. The number of amides is 2. The van der Waals surface area contributed by atoms with Gasteiger partial charge in [0.15, 0.2) is 12.2 Å². The summed E-state index contributed by atoms with van der Waals surface area (Å²) >= 11 is 5.92. The molecule has 2 aromatic heterocycles. The molecule has 9 nitrogen and oxygen atoms in total. The van der Waals surface area contributed by atoms with Gasteiger partial charge in [0.25, 0.3) is 0 Å². The Kier molecular flexibility index (Phi) is 5.97. The molecule has 1 unspecified atom stereocenters. The zero-order valence-electron chi connectivity index (χ0n) is 16.7. The van der Waals surface area contributed by atoms with Crippen molar-refractivity contribution in [3.8, 4) is 11.3 Å². The maximum Gasteiger partial charge on any atom is 0.248 e. The van der Waals surface area contributed by atoms with Gasteiger partial charge in [-0.25, -0.2) is 15.0 Å². The summed E-state index contributed by atoms with van der Waals surface area (Å²) < 4.78 is 10.5. The third-order valence-corrected chi connectivity index (χ3v) is 5.14. The first-order chi connectivity index (χ1) is 15.0. The van der Waals surface area contributed by atoms with Crippen LogP contribution in [0.2, 0.25) is 0 Å². The summed E-state index contributed by atoms with van der Waals surface area (Å²) in [6.45, 7) is 2.67. The van der Waals surface area contributed by atoms with Gasteiger partial charge in [0.1, 0.15) is 18.2 Å². The van der Waals surface area contributed by atoms with E-state index in [-0.39, 0.29) is 11.8 Å². The summed E-state index contributed by atoms with van der Waals surface area (Å²) in [4.78, 5) is 39.6. The Labute approximate surface area is 183 Å². The van der Waals surface area contributed by atoms with Gasteiger partial charge in [-0.05, 0) is 31.2 Å². The number of halogens is 1. The molecule has 0 spiro atoms. The van der Waals surface area contributed by atoms with Gasteiger partial charge in [-0.2, -0.15) is 0 Å². The molecule has 0 radical (unpaired) electrons. The molecule has 4 rings (SSSR count). The number of hydrogen-bond donors (Lipinski definition) is 1. The Morgan fingerprint density at radius 1 is 1.16 bits per heavy atom. The number of aromatic nitrogens is 3. The number of nitrogens with one attached hydrogen (secondary N) is 1. The van der Waals surface area contributed by atoms with E-state index in [2.05, 4.69) is 20.3 Å². The summed E-state index contributed by atoms with van der Waals surface area (Å²) in [6, 6.07) is 5.99. The minimum Gasteiger partial charge on any atom is -0.444 e. The van der Waals surface area contributed by atoms with Crippen molar-refractivity contribution in [2.45, 2.75) is 18.5 Å². The molecule has 0 saturated carbocycles. The van der Waals surface area contributed by atoms with E-state index in [4.69, 9.17) is 20.8 Å². The first kappa shape index (κ1) is 21.0. The lowest BCUT2D eigenvalue weighted by Gasteiger charge is -2.41. The molecule has 31 heavy (non-hydrogen) atoms. The number of carbonyl (C=O) groups is 2. The van der Waals surface area contributed by atoms with Crippen LogP contribution in [0.15, 0.2) is 60.0 Å². The van der Waals surface area contributed by atoms with E-state index in [0.717, 1.165) is 5.56 Å². The van der Waals surface area contributed by atoms with Crippen LogP contribution in [0.1, 0.15) is 18.5 Å². The number of oxazole rings is 1. The lowest BCUT2D eigenvalue weighted by atomic mass is 9.98. The highest BCUT2D eigenvalue weighted by atomic mass is 35.5. The Bertz CT molecular complexity index is 1040. The second-order valence-electron chi connectivity index (χ2n) is 7.43. The molecular weight excluding hydrogens is 422 g/mol. The van der Waals surface area contributed by atoms with Crippen LogP contribution in [-0.4, -0.2) is 51.4 Å². The smallest absolute Gasteiger partial charge is 0.248 e. The highest BCUT2D eigenvalue weighted by Gasteiger charge is 2.40. The van der Waals surface area contributed by atoms with Crippen LogP contribution in [0, 0.1) is 0 Å². The topological polar surface area (TPSA) is 110 Å². The fraction of sp³-hybridized carbons (Fsp3) is 0.286. The highest BCUT2D eigenvalue weighted by Crippen LogP contribution is 2.31. The molecule has 10 heteroatoms. The van der Waals surface area contributed by atoms with Crippen LogP contribution in [-0.2, 0) is 14.3 Å². The normalized spacial score (nSPS) is 15.5. The predicted octanol–water partition coefficient (Wildman–Crippen LogP) is 2.35. The molecule has 1 saturated heterocycles. The van der Waals surface area contributed by atoms with E-state index in [0.29, 0.717) is 30.2 Å². The largest absolute Gasteiger partial charge is 0.444 e. The van der Waals surface area contributed by atoms with Crippen molar-refractivity contribution in [1.29, 1.82) is 0 Å². The molecule has 2 amide bonds. The van der Waals surface area contributed by atoms with Crippen molar-refractivity contribution >= 4 is 29.1 Å². The summed E-state index contributed by atoms with van der Waals surface area (Å²) in [7, 11) is 0. The summed E-state index contributed by atoms with van der Waals surface area (Å²) in [5.74, 6) is -0.529. The Morgan fingerprint density at radius 2 is 1.87 bits per heavy atom. The number of benzene rings is 1. The molecule has 1 aliphatic heterocycles. The van der Waals surface area contributed by atoms with E-state index < -0.39 is 17.5 Å². The lowest BCUT2D eigenvalue weighted by Crippen LogP contribution is -2.62. The van der Waals surface area contributed by atoms with Gasteiger partial charge < -0.3 is 14.5 Å². The van der Waals surface area contributed by atoms with Crippen LogP contribution in [0.5, 0.6) is 0 Å². The van der Waals surface area contributed by atoms with Crippen LogP contribution >= 0.6 is 11.6 Å². The Balaban J connectivity index is 1.72. The molecule has 1 N–H and O–H groups in total. The van der Waals surface area contributed by atoms with E-state index in [1.807, 2.05) is 6.92 Å². The molecule has 1 fully saturated rings. The van der Waals surface area contributed by atoms with Gasteiger partial charge in [-0.3, -0.25) is 14.5 Å². The number of ether oxygens (including phenoxy) is 1. The molecule has 3 heterocycles.